The lowest BCUT2D eigenvalue weighted by atomic mass is 10.2. The Morgan fingerprint density at radius 2 is 1.90 bits per heavy atom. The number of para-hydroxylation sites is 3. The van der Waals surface area contributed by atoms with Gasteiger partial charge in [-0.3, -0.25) is 4.90 Å². The van der Waals surface area contributed by atoms with E-state index in [-0.39, 0.29) is 6.03 Å². The monoisotopic (exact) mass is 405 g/mol. The van der Waals surface area contributed by atoms with Crippen molar-refractivity contribution in [3.63, 3.8) is 0 Å². The molecule has 1 N–H and O–H groups in total. The first-order valence-electron chi connectivity index (χ1n) is 10.4. The number of aryl methyl sites for hydroxylation is 2. The number of anilines is 2. The standard InChI is InChI=1S/C23H27N5O2/c1-17-10-5-6-11-18(17)24-23(29)28(19-12-7-8-13-20(19)30-2)16-22-26-25-21-14-4-3-9-15-27(21)22/h5-8,10-13H,3-4,9,14-16H2,1-2H3,(H,24,29). The molecule has 0 saturated heterocycles. The van der Waals surface area contributed by atoms with Crippen LogP contribution in [0.5, 0.6) is 5.75 Å². The Balaban J connectivity index is 1.68. The Morgan fingerprint density at radius 1 is 1.10 bits per heavy atom. The van der Waals surface area contributed by atoms with Gasteiger partial charge in [-0.2, -0.15) is 0 Å². The van der Waals surface area contributed by atoms with Gasteiger partial charge in [-0.15, -0.1) is 10.2 Å². The summed E-state index contributed by atoms with van der Waals surface area (Å²) in [7, 11) is 1.61. The minimum Gasteiger partial charge on any atom is -0.495 e. The maximum Gasteiger partial charge on any atom is 0.326 e. The summed E-state index contributed by atoms with van der Waals surface area (Å²) in [4.78, 5) is 15.1. The minimum absolute atomic E-state index is 0.236. The number of aromatic nitrogens is 3. The molecule has 0 saturated carbocycles. The molecular weight excluding hydrogens is 378 g/mol. The van der Waals surface area contributed by atoms with Crippen molar-refractivity contribution in [2.45, 2.75) is 45.7 Å². The fourth-order valence-electron chi connectivity index (χ4n) is 3.82. The number of hydrogen-bond acceptors (Lipinski definition) is 4. The van der Waals surface area contributed by atoms with E-state index in [0.717, 1.165) is 48.7 Å². The Labute approximate surface area is 176 Å². The molecule has 1 aliphatic rings. The predicted octanol–water partition coefficient (Wildman–Crippen LogP) is 4.56. The lowest BCUT2D eigenvalue weighted by Gasteiger charge is -2.25. The van der Waals surface area contributed by atoms with Crippen LogP contribution in [-0.4, -0.2) is 27.9 Å². The van der Waals surface area contributed by atoms with Gasteiger partial charge < -0.3 is 14.6 Å². The zero-order chi connectivity index (χ0) is 20.9. The molecular formula is C23H27N5O2. The van der Waals surface area contributed by atoms with Crippen molar-refractivity contribution in [3.05, 3.63) is 65.7 Å². The van der Waals surface area contributed by atoms with Crippen LogP contribution < -0.4 is 15.0 Å². The summed E-state index contributed by atoms with van der Waals surface area (Å²) >= 11 is 0. The van der Waals surface area contributed by atoms with Crippen molar-refractivity contribution in [2.75, 3.05) is 17.3 Å². The Kier molecular flexibility index (Phi) is 5.97. The van der Waals surface area contributed by atoms with Crippen LogP contribution in [0.15, 0.2) is 48.5 Å². The molecule has 0 spiro atoms. The van der Waals surface area contributed by atoms with Gasteiger partial charge in [0.05, 0.1) is 19.3 Å². The number of carbonyl (C=O) groups is 1. The van der Waals surface area contributed by atoms with Crippen molar-refractivity contribution in [1.82, 2.24) is 14.8 Å². The van der Waals surface area contributed by atoms with Crippen molar-refractivity contribution < 1.29 is 9.53 Å². The SMILES string of the molecule is COc1ccccc1N(Cc1nnc2n1CCCCC2)C(=O)Nc1ccccc1C. The van der Waals surface area contributed by atoms with E-state index in [2.05, 4.69) is 20.1 Å². The average molecular weight is 406 g/mol. The highest BCUT2D eigenvalue weighted by Crippen LogP contribution is 2.30. The molecule has 4 rings (SSSR count). The molecule has 2 aromatic carbocycles. The second-order valence-electron chi connectivity index (χ2n) is 7.50. The first kappa shape index (κ1) is 19.9. The molecule has 0 radical (unpaired) electrons. The molecule has 30 heavy (non-hydrogen) atoms. The molecule has 0 aliphatic carbocycles. The Morgan fingerprint density at radius 3 is 2.73 bits per heavy atom. The molecule has 0 fully saturated rings. The summed E-state index contributed by atoms with van der Waals surface area (Å²) in [6.07, 6.45) is 4.34. The number of urea groups is 1. The van der Waals surface area contributed by atoms with Crippen LogP contribution in [0.1, 0.15) is 36.5 Å². The number of nitrogens with zero attached hydrogens (tertiary/aromatic N) is 4. The van der Waals surface area contributed by atoms with Gasteiger partial charge in [0.25, 0.3) is 0 Å². The third kappa shape index (κ3) is 4.15. The van der Waals surface area contributed by atoms with Gasteiger partial charge in [0.2, 0.25) is 0 Å². The second-order valence-corrected chi connectivity index (χ2v) is 7.50. The molecule has 156 valence electrons. The zero-order valence-electron chi connectivity index (χ0n) is 17.5. The number of fused-ring (bicyclic) bond motifs is 1. The van der Waals surface area contributed by atoms with Crippen LogP contribution in [0.4, 0.5) is 16.2 Å². The molecule has 0 bridgehead atoms. The van der Waals surface area contributed by atoms with Gasteiger partial charge in [-0.1, -0.05) is 36.8 Å². The zero-order valence-corrected chi connectivity index (χ0v) is 17.5. The van der Waals surface area contributed by atoms with E-state index in [1.165, 1.54) is 6.42 Å². The number of amides is 2. The lowest BCUT2D eigenvalue weighted by molar-refractivity contribution is 0.256. The first-order valence-corrected chi connectivity index (χ1v) is 10.4. The van der Waals surface area contributed by atoms with E-state index < -0.39 is 0 Å². The summed E-state index contributed by atoms with van der Waals surface area (Å²) < 4.78 is 7.70. The predicted molar refractivity (Wildman–Crippen MR) is 117 cm³/mol. The number of rotatable bonds is 5. The smallest absolute Gasteiger partial charge is 0.326 e. The highest BCUT2D eigenvalue weighted by atomic mass is 16.5. The van der Waals surface area contributed by atoms with E-state index in [1.54, 1.807) is 12.0 Å². The number of hydrogen-bond donors (Lipinski definition) is 1. The van der Waals surface area contributed by atoms with Gasteiger partial charge >= 0.3 is 6.03 Å². The highest BCUT2D eigenvalue weighted by molar-refractivity contribution is 6.02. The highest BCUT2D eigenvalue weighted by Gasteiger charge is 2.24. The van der Waals surface area contributed by atoms with Crippen molar-refractivity contribution in [2.24, 2.45) is 0 Å². The summed E-state index contributed by atoms with van der Waals surface area (Å²) in [6.45, 7) is 3.17. The molecule has 3 aromatic rings. The lowest BCUT2D eigenvalue weighted by Crippen LogP contribution is -2.36. The first-order chi connectivity index (χ1) is 14.7. The molecule has 0 unspecified atom stereocenters. The number of carbonyl (C=O) groups excluding carboxylic acids is 1. The van der Waals surface area contributed by atoms with Crippen LogP contribution in [0.3, 0.4) is 0 Å². The quantitative estimate of drug-likeness (QED) is 0.675. The van der Waals surface area contributed by atoms with Crippen LogP contribution in [0.2, 0.25) is 0 Å². The summed E-state index contributed by atoms with van der Waals surface area (Å²) in [6, 6.07) is 15.0. The van der Waals surface area contributed by atoms with Crippen molar-refractivity contribution >= 4 is 17.4 Å². The molecule has 0 atom stereocenters. The normalized spacial score (nSPS) is 13.3. The molecule has 2 amide bonds. The second kappa shape index (κ2) is 8.98. The fraction of sp³-hybridized carbons (Fsp3) is 0.348. The van der Waals surface area contributed by atoms with Gasteiger partial charge in [-0.05, 0) is 43.5 Å². The largest absolute Gasteiger partial charge is 0.495 e. The van der Waals surface area contributed by atoms with Crippen molar-refractivity contribution in [3.8, 4) is 5.75 Å². The van der Waals surface area contributed by atoms with E-state index in [1.807, 2.05) is 55.5 Å². The van der Waals surface area contributed by atoms with Gasteiger partial charge in [0.15, 0.2) is 5.82 Å². The van der Waals surface area contributed by atoms with E-state index >= 15 is 0 Å². The fourth-order valence-corrected chi connectivity index (χ4v) is 3.82. The Hall–Kier alpha value is -3.35. The molecule has 1 aliphatic heterocycles. The maximum atomic E-state index is 13.4. The van der Waals surface area contributed by atoms with Crippen LogP contribution in [0, 0.1) is 6.92 Å². The number of ether oxygens (including phenoxy) is 1. The molecule has 7 heteroatoms. The third-order valence-corrected chi connectivity index (χ3v) is 5.49. The van der Waals surface area contributed by atoms with E-state index in [0.29, 0.717) is 18.0 Å². The van der Waals surface area contributed by atoms with Crippen LogP contribution in [0.25, 0.3) is 0 Å². The van der Waals surface area contributed by atoms with Gasteiger partial charge in [0, 0.05) is 18.7 Å². The topological polar surface area (TPSA) is 72.3 Å². The summed E-state index contributed by atoms with van der Waals surface area (Å²) in [5, 5.41) is 11.8. The average Bonchev–Trinajstić information content (AvgIpc) is 2.99. The van der Waals surface area contributed by atoms with E-state index in [4.69, 9.17) is 4.74 Å². The van der Waals surface area contributed by atoms with Gasteiger partial charge in [-0.25, -0.2) is 4.79 Å². The number of benzene rings is 2. The minimum atomic E-state index is -0.236. The van der Waals surface area contributed by atoms with Crippen molar-refractivity contribution in [1.29, 1.82) is 0 Å². The third-order valence-electron chi connectivity index (χ3n) is 5.49. The van der Waals surface area contributed by atoms with Crippen LogP contribution >= 0.6 is 0 Å². The molecule has 2 heterocycles. The Bertz CT molecular complexity index is 1030. The maximum absolute atomic E-state index is 13.4. The molecule has 7 nitrogen and oxygen atoms in total. The molecule has 1 aromatic heterocycles. The number of methoxy groups -OCH3 is 1. The summed E-state index contributed by atoms with van der Waals surface area (Å²) in [5.74, 6) is 2.42. The summed E-state index contributed by atoms with van der Waals surface area (Å²) in [5.41, 5.74) is 2.47. The van der Waals surface area contributed by atoms with Gasteiger partial charge in [0.1, 0.15) is 11.6 Å². The number of nitrogens with one attached hydrogen (secondary N) is 1. The van der Waals surface area contributed by atoms with E-state index in [9.17, 15) is 4.79 Å². The van der Waals surface area contributed by atoms with Crippen LogP contribution in [-0.2, 0) is 19.5 Å².